The first kappa shape index (κ1) is 18.9. The van der Waals surface area contributed by atoms with Crippen molar-refractivity contribution >= 4 is 15.9 Å². The minimum atomic E-state index is -3.34. The molecule has 1 aromatic rings. The van der Waals surface area contributed by atoms with E-state index in [-0.39, 0.29) is 19.0 Å². The summed E-state index contributed by atoms with van der Waals surface area (Å²) in [5, 5.41) is -0.472. The van der Waals surface area contributed by atoms with Crippen molar-refractivity contribution in [3.05, 3.63) is 35.9 Å². The van der Waals surface area contributed by atoms with E-state index in [1.54, 1.807) is 21.3 Å². The minimum Gasteiger partial charge on any atom is -0.381 e. The number of nitrogens with zero attached hydrogens (tertiary/aromatic N) is 3. The topological polar surface area (TPSA) is 70.2 Å². The Morgan fingerprint density at radius 3 is 2.41 bits per heavy atom. The number of likely N-dealkylation sites (tertiary alicyclic amines) is 1. The van der Waals surface area contributed by atoms with Gasteiger partial charge >= 0.3 is 0 Å². The second-order valence-electron chi connectivity index (χ2n) is 7.67. The summed E-state index contributed by atoms with van der Waals surface area (Å²) in [6.45, 7) is 5.87. The summed E-state index contributed by atoms with van der Waals surface area (Å²) in [6, 6.07) is 9.02. The SMILES string of the molecule is O=C(c1ccccc1)N1CC(S(=O)(=O)N2CCN(CC3CCOC3)CC2)C1. The zero-order valence-corrected chi connectivity index (χ0v) is 16.3. The second-order valence-corrected chi connectivity index (χ2v) is 9.89. The van der Waals surface area contributed by atoms with Gasteiger partial charge in [0.2, 0.25) is 10.0 Å². The molecule has 4 rings (SSSR count). The van der Waals surface area contributed by atoms with Crippen LogP contribution in [0.2, 0.25) is 0 Å². The van der Waals surface area contributed by atoms with Gasteiger partial charge in [0.1, 0.15) is 5.25 Å². The highest BCUT2D eigenvalue weighted by atomic mass is 32.2. The summed E-state index contributed by atoms with van der Waals surface area (Å²) in [5.74, 6) is 0.489. The number of carbonyl (C=O) groups excluding carboxylic acids is 1. The number of piperazine rings is 1. The Hall–Kier alpha value is -1.48. The third kappa shape index (κ3) is 4.03. The van der Waals surface area contributed by atoms with Gasteiger partial charge in [-0.15, -0.1) is 0 Å². The number of hydrogen-bond acceptors (Lipinski definition) is 5. The van der Waals surface area contributed by atoms with Gasteiger partial charge < -0.3 is 14.5 Å². The molecule has 0 aromatic heterocycles. The quantitative estimate of drug-likeness (QED) is 0.728. The zero-order valence-electron chi connectivity index (χ0n) is 15.5. The van der Waals surface area contributed by atoms with Crippen LogP contribution < -0.4 is 0 Å². The first-order valence-corrected chi connectivity index (χ1v) is 11.2. The van der Waals surface area contributed by atoms with Crippen LogP contribution >= 0.6 is 0 Å². The molecular weight excluding hydrogens is 366 g/mol. The minimum absolute atomic E-state index is 0.0920. The van der Waals surface area contributed by atoms with Crippen molar-refractivity contribution in [1.82, 2.24) is 14.1 Å². The predicted octanol–water partition coefficient (Wildman–Crippen LogP) is 0.495. The molecule has 3 heterocycles. The molecule has 3 aliphatic heterocycles. The highest BCUT2D eigenvalue weighted by molar-refractivity contribution is 7.89. The second kappa shape index (κ2) is 7.87. The van der Waals surface area contributed by atoms with Gasteiger partial charge in [-0.1, -0.05) is 18.2 Å². The first-order valence-electron chi connectivity index (χ1n) is 9.67. The van der Waals surface area contributed by atoms with Crippen molar-refractivity contribution in [3.8, 4) is 0 Å². The standard InChI is InChI=1S/C19H27N3O4S/c23-19(17-4-2-1-3-5-17)21-13-18(14-21)27(24,25)22-9-7-20(8-10-22)12-16-6-11-26-15-16/h1-5,16,18H,6-15H2. The normalized spacial score (nSPS) is 25.5. The number of ether oxygens (including phenoxy) is 1. The van der Waals surface area contributed by atoms with Crippen LogP contribution in [0.3, 0.4) is 0 Å². The molecule has 0 radical (unpaired) electrons. The molecule has 1 unspecified atom stereocenters. The molecule has 3 fully saturated rings. The lowest BCUT2D eigenvalue weighted by Crippen LogP contribution is -2.62. The summed E-state index contributed by atoms with van der Waals surface area (Å²) in [6.07, 6.45) is 1.10. The van der Waals surface area contributed by atoms with Crippen LogP contribution in [-0.4, -0.2) is 92.7 Å². The maximum absolute atomic E-state index is 12.9. The number of sulfonamides is 1. The van der Waals surface area contributed by atoms with Crippen LogP contribution in [0.15, 0.2) is 30.3 Å². The molecule has 148 valence electrons. The van der Waals surface area contributed by atoms with Gasteiger partial charge in [-0.05, 0) is 24.5 Å². The van der Waals surface area contributed by atoms with E-state index >= 15 is 0 Å². The van der Waals surface area contributed by atoms with Crippen LogP contribution in [0, 0.1) is 5.92 Å². The number of rotatable bonds is 5. The number of benzene rings is 1. The smallest absolute Gasteiger partial charge is 0.253 e. The summed E-state index contributed by atoms with van der Waals surface area (Å²) < 4.78 is 32.8. The molecule has 0 aliphatic carbocycles. The average molecular weight is 394 g/mol. The van der Waals surface area contributed by atoms with Gasteiger partial charge in [-0.2, -0.15) is 4.31 Å². The van der Waals surface area contributed by atoms with Gasteiger partial charge in [0.15, 0.2) is 0 Å². The zero-order chi connectivity index (χ0) is 18.9. The predicted molar refractivity (Wildman–Crippen MR) is 102 cm³/mol. The van der Waals surface area contributed by atoms with Crippen molar-refractivity contribution in [1.29, 1.82) is 0 Å². The number of carbonyl (C=O) groups is 1. The lowest BCUT2D eigenvalue weighted by molar-refractivity contribution is 0.0652. The van der Waals surface area contributed by atoms with Gasteiger partial charge in [0.05, 0.1) is 6.61 Å². The van der Waals surface area contributed by atoms with E-state index in [1.807, 2.05) is 18.2 Å². The maximum atomic E-state index is 12.9. The molecule has 0 N–H and O–H groups in total. The van der Waals surface area contributed by atoms with Crippen molar-refractivity contribution in [3.63, 3.8) is 0 Å². The molecule has 3 saturated heterocycles. The molecule has 0 spiro atoms. The Morgan fingerprint density at radius 1 is 1.07 bits per heavy atom. The molecular formula is C19H27N3O4S. The highest BCUT2D eigenvalue weighted by Gasteiger charge is 2.43. The Bertz CT molecular complexity index is 750. The summed E-state index contributed by atoms with van der Waals surface area (Å²) >= 11 is 0. The Kier molecular flexibility index (Phi) is 5.50. The van der Waals surface area contributed by atoms with Crippen molar-refractivity contribution < 1.29 is 17.9 Å². The van der Waals surface area contributed by atoms with E-state index in [4.69, 9.17) is 4.74 Å². The van der Waals surface area contributed by atoms with E-state index < -0.39 is 15.3 Å². The lowest BCUT2D eigenvalue weighted by atomic mass is 10.1. The van der Waals surface area contributed by atoms with E-state index in [9.17, 15) is 13.2 Å². The average Bonchev–Trinajstić information content (AvgIpc) is 3.14. The van der Waals surface area contributed by atoms with Crippen molar-refractivity contribution in [2.24, 2.45) is 5.92 Å². The molecule has 8 heteroatoms. The molecule has 0 saturated carbocycles. The molecule has 0 bridgehead atoms. The fourth-order valence-corrected chi connectivity index (χ4v) is 5.86. The van der Waals surface area contributed by atoms with E-state index in [0.717, 1.165) is 39.3 Å². The van der Waals surface area contributed by atoms with E-state index in [0.29, 0.717) is 24.6 Å². The van der Waals surface area contributed by atoms with Gasteiger partial charge in [-0.3, -0.25) is 4.79 Å². The fraction of sp³-hybridized carbons (Fsp3) is 0.632. The van der Waals surface area contributed by atoms with Crippen molar-refractivity contribution in [2.45, 2.75) is 11.7 Å². The first-order chi connectivity index (χ1) is 13.0. The summed E-state index contributed by atoms with van der Waals surface area (Å²) in [4.78, 5) is 16.3. The van der Waals surface area contributed by atoms with Gasteiger partial charge in [0, 0.05) is 58.0 Å². The number of hydrogen-bond donors (Lipinski definition) is 0. The Balaban J connectivity index is 1.27. The van der Waals surface area contributed by atoms with Crippen LogP contribution in [-0.2, 0) is 14.8 Å². The fourth-order valence-electron chi connectivity index (χ4n) is 4.03. The number of amides is 1. The summed E-state index contributed by atoms with van der Waals surface area (Å²) in [5.41, 5.74) is 0.609. The molecule has 3 aliphatic rings. The largest absolute Gasteiger partial charge is 0.381 e. The van der Waals surface area contributed by atoms with E-state index in [1.165, 1.54) is 0 Å². The molecule has 7 nitrogen and oxygen atoms in total. The van der Waals surface area contributed by atoms with Crippen LogP contribution in [0.5, 0.6) is 0 Å². The van der Waals surface area contributed by atoms with E-state index in [2.05, 4.69) is 4.90 Å². The third-order valence-corrected chi connectivity index (χ3v) is 8.03. The molecule has 1 amide bonds. The Labute approximate surface area is 160 Å². The van der Waals surface area contributed by atoms with Crippen LogP contribution in [0.1, 0.15) is 16.8 Å². The third-order valence-electron chi connectivity index (χ3n) is 5.81. The highest BCUT2D eigenvalue weighted by Crippen LogP contribution is 2.23. The Morgan fingerprint density at radius 2 is 1.78 bits per heavy atom. The monoisotopic (exact) mass is 393 g/mol. The molecule has 1 aromatic carbocycles. The molecule has 27 heavy (non-hydrogen) atoms. The molecule has 1 atom stereocenters. The van der Waals surface area contributed by atoms with Gasteiger partial charge in [0.25, 0.3) is 5.91 Å². The van der Waals surface area contributed by atoms with Crippen LogP contribution in [0.25, 0.3) is 0 Å². The lowest BCUT2D eigenvalue weighted by Gasteiger charge is -2.43. The van der Waals surface area contributed by atoms with Crippen LogP contribution in [0.4, 0.5) is 0 Å². The summed E-state index contributed by atoms with van der Waals surface area (Å²) in [7, 11) is -3.34. The maximum Gasteiger partial charge on any atom is 0.253 e. The van der Waals surface area contributed by atoms with Gasteiger partial charge in [-0.25, -0.2) is 8.42 Å². The van der Waals surface area contributed by atoms with Crippen molar-refractivity contribution in [2.75, 3.05) is 59.0 Å².